The molecule has 0 aliphatic carbocycles. The van der Waals surface area contributed by atoms with E-state index in [1.54, 1.807) is 39.0 Å². The van der Waals surface area contributed by atoms with Gasteiger partial charge in [-0.1, -0.05) is 12.1 Å². The van der Waals surface area contributed by atoms with Crippen molar-refractivity contribution in [3.8, 4) is 0 Å². The number of anilines is 3. The van der Waals surface area contributed by atoms with Gasteiger partial charge >= 0.3 is 23.9 Å². The van der Waals surface area contributed by atoms with Crippen LogP contribution in [0.5, 0.6) is 0 Å². The number of carboxylic acid groups (broad SMARTS) is 4. The highest BCUT2D eigenvalue weighted by molar-refractivity contribution is 7.80. The van der Waals surface area contributed by atoms with Crippen LogP contribution in [0.4, 0.5) is 17.3 Å². The first kappa shape index (κ1) is 49.7. The normalized spacial score (nSPS) is 15.3. The van der Waals surface area contributed by atoms with Gasteiger partial charge < -0.3 is 52.7 Å². The molecule has 2 aromatic heterocycles. The molecule has 2 amide bonds. The van der Waals surface area contributed by atoms with Crippen LogP contribution in [0.3, 0.4) is 0 Å². The molecule has 2 atom stereocenters. The number of aliphatic carboxylic acids is 4. The number of H-pyrrole nitrogens is 1. The molecule has 1 fully saturated rings. The van der Waals surface area contributed by atoms with Gasteiger partial charge in [-0.05, 0) is 67.0 Å². The molecule has 3 heterocycles. The fourth-order valence-corrected chi connectivity index (χ4v) is 7.23. The van der Waals surface area contributed by atoms with Crippen molar-refractivity contribution in [1.29, 1.82) is 0 Å². The number of aromatic nitrogens is 4. The summed E-state index contributed by atoms with van der Waals surface area (Å²) < 4.78 is 0. The molecule has 352 valence electrons. The van der Waals surface area contributed by atoms with Crippen LogP contribution >= 0.6 is 12.2 Å². The van der Waals surface area contributed by atoms with Gasteiger partial charge in [-0.2, -0.15) is 4.98 Å². The number of thiocarbonyl (C=S) groups is 1. The van der Waals surface area contributed by atoms with E-state index >= 15 is 0 Å². The van der Waals surface area contributed by atoms with Crippen molar-refractivity contribution >= 4 is 81.5 Å². The molecule has 0 radical (unpaired) electrons. The van der Waals surface area contributed by atoms with E-state index in [0.717, 1.165) is 5.56 Å². The van der Waals surface area contributed by atoms with E-state index in [-0.39, 0.29) is 99.0 Å². The number of aromatic amines is 1. The zero-order chi connectivity index (χ0) is 47.8. The van der Waals surface area contributed by atoms with Crippen LogP contribution in [0.2, 0.25) is 0 Å². The molecular weight excluding hydrogens is 883 g/mol. The van der Waals surface area contributed by atoms with Crippen molar-refractivity contribution in [2.24, 2.45) is 0 Å². The quantitative estimate of drug-likeness (QED) is 0.0355. The molecule has 12 N–H and O–H groups in total. The maximum absolute atomic E-state index is 12.9. The highest BCUT2D eigenvalue weighted by Crippen LogP contribution is 2.17. The molecule has 0 saturated carbocycles. The molecule has 1 unspecified atom stereocenters. The first-order chi connectivity index (χ1) is 31.5. The summed E-state index contributed by atoms with van der Waals surface area (Å²) in [5.74, 6) is -5.61. The number of nitrogens with one attached hydrogen (secondary N) is 6. The number of carbonyl (C=O) groups is 6. The number of nitrogens with two attached hydrogens (primary N) is 1. The molecule has 2 aromatic carbocycles. The summed E-state index contributed by atoms with van der Waals surface area (Å²) in [7, 11) is 0. The molecule has 1 aliphatic rings. The van der Waals surface area contributed by atoms with Gasteiger partial charge in [0, 0.05) is 75.2 Å². The summed E-state index contributed by atoms with van der Waals surface area (Å²) in [6.45, 7) is 1.19. The Morgan fingerprint density at radius 3 is 2.14 bits per heavy atom. The standard InChI is InChI=1S/C41H51N13O11S/c42-40-50-36-35(38(63)51-40)47-28(19-46-36)18-45-26-7-3-25(4-8-26)37(62)49-30(39(64)65)9-10-31(55)43-11-12-44-41(66)48-27-5-1-24(2-6-27)17-29-20-53(22-33(58)59)14-13-52(21-32(56)57)15-16-54(29)23-34(60)61/h1-8,19,29-30,45H,9-18,20-23H2,(H,43,55)(H,49,62)(H,56,57)(H,58,59)(H,60,61)(H,64,65)(H2,44,48,66)(H3,42,46,50,51,63)/t29?,30-/m0/s1. The number of nitrogens with zero attached hydrogens (tertiary/aromatic N) is 6. The number of hydrogen-bond donors (Lipinski definition) is 11. The van der Waals surface area contributed by atoms with Crippen molar-refractivity contribution in [1.82, 2.24) is 50.6 Å². The van der Waals surface area contributed by atoms with E-state index in [1.807, 2.05) is 12.1 Å². The van der Waals surface area contributed by atoms with Gasteiger partial charge in [0.15, 0.2) is 16.3 Å². The van der Waals surface area contributed by atoms with Gasteiger partial charge in [-0.3, -0.25) is 48.5 Å². The lowest BCUT2D eigenvalue weighted by Gasteiger charge is -2.33. The first-order valence-electron chi connectivity index (χ1n) is 20.6. The lowest BCUT2D eigenvalue weighted by atomic mass is 10.0. The Hall–Kier alpha value is -7.35. The minimum absolute atomic E-state index is 0.0336. The van der Waals surface area contributed by atoms with Crippen LogP contribution in [0.25, 0.3) is 11.2 Å². The van der Waals surface area contributed by atoms with Gasteiger partial charge in [0.05, 0.1) is 38.1 Å². The summed E-state index contributed by atoms with van der Waals surface area (Å²) in [5.41, 5.74) is 7.89. The van der Waals surface area contributed by atoms with E-state index < -0.39 is 47.3 Å². The summed E-state index contributed by atoms with van der Waals surface area (Å²) in [6, 6.07) is 11.7. The molecule has 4 aromatic rings. The van der Waals surface area contributed by atoms with Crippen molar-refractivity contribution < 1.29 is 49.2 Å². The second-order valence-corrected chi connectivity index (χ2v) is 15.7. The van der Waals surface area contributed by atoms with Crippen LogP contribution < -0.4 is 37.9 Å². The molecule has 1 saturated heterocycles. The van der Waals surface area contributed by atoms with Gasteiger partial charge in [0.25, 0.3) is 11.5 Å². The largest absolute Gasteiger partial charge is 0.480 e. The lowest BCUT2D eigenvalue weighted by molar-refractivity contribution is -0.140. The summed E-state index contributed by atoms with van der Waals surface area (Å²) in [4.78, 5) is 104. The van der Waals surface area contributed by atoms with Crippen molar-refractivity contribution in [2.75, 3.05) is 81.8 Å². The first-order valence-corrected chi connectivity index (χ1v) is 21.1. The molecule has 0 spiro atoms. The van der Waals surface area contributed by atoms with E-state index in [2.05, 4.69) is 46.5 Å². The van der Waals surface area contributed by atoms with Crippen LogP contribution in [-0.4, -0.2) is 173 Å². The third kappa shape index (κ3) is 16.0. The second kappa shape index (κ2) is 24.1. The third-order valence-corrected chi connectivity index (χ3v) is 10.5. The second-order valence-electron chi connectivity index (χ2n) is 15.3. The molecule has 0 bridgehead atoms. The number of carboxylic acids is 4. The average molecular weight is 934 g/mol. The highest BCUT2D eigenvalue weighted by Gasteiger charge is 2.28. The average Bonchev–Trinajstić information content (AvgIpc) is 3.32. The van der Waals surface area contributed by atoms with E-state index in [9.17, 15) is 54.0 Å². The minimum atomic E-state index is -1.34. The Kier molecular flexibility index (Phi) is 18.1. The number of carbonyl (C=O) groups excluding carboxylic acids is 2. The van der Waals surface area contributed by atoms with Gasteiger partial charge in [-0.15, -0.1) is 0 Å². The van der Waals surface area contributed by atoms with E-state index in [0.29, 0.717) is 43.1 Å². The summed E-state index contributed by atoms with van der Waals surface area (Å²) >= 11 is 5.39. The van der Waals surface area contributed by atoms with E-state index in [4.69, 9.17) is 18.0 Å². The predicted octanol–water partition coefficient (Wildman–Crippen LogP) is -0.942. The van der Waals surface area contributed by atoms with Crippen LogP contribution in [-0.2, 0) is 36.9 Å². The molecule has 25 heteroatoms. The van der Waals surface area contributed by atoms with E-state index in [1.165, 1.54) is 18.3 Å². The van der Waals surface area contributed by atoms with Crippen LogP contribution in [0.1, 0.15) is 34.5 Å². The molecule has 1 aliphatic heterocycles. The maximum atomic E-state index is 12.9. The number of hydrogen-bond acceptors (Lipinski definition) is 16. The SMILES string of the molecule is Nc1nc2ncc(CNc3ccc(C(=O)N[C@@H](CCC(=O)NCCNC(=S)Nc4ccc(CC5CN(CC(=O)O)CCN(CC(=O)O)CCN5CC(=O)O)cc4)C(=O)O)cc3)nc2c(=O)[nH]1. The fraction of sp³-hybridized carbons (Fsp3) is 0.390. The molecule has 24 nitrogen and oxygen atoms in total. The molecular formula is C41H51N13O11S. The third-order valence-electron chi connectivity index (χ3n) is 10.3. The number of benzene rings is 2. The zero-order valence-electron chi connectivity index (χ0n) is 35.6. The van der Waals surface area contributed by atoms with Crippen molar-refractivity contribution in [3.05, 3.63) is 81.9 Å². The minimum Gasteiger partial charge on any atom is -0.480 e. The highest BCUT2D eigenvalue weighted by atomic mass is 32.1. The van der Waals surface area contributed by atoms with Crippen LogP contribution in [0, 0.1) is 0 Å². The Bertz CT molecular complexity index is 2440. The number of rotatable bonds is 21. The monoisotopic (exact) mass is 933 g/mol. The summed E-state index contributed by atoms with van der Waals surface area (Å²) in [6.07, 6.45) is 1.49. The lowest BCUT2D eigenvalue weighted by Crippen LogP contribution is -2.49. The topological polar surface area (TPSA) is 351 Å². The molecule has 5 rings (SSSR count). The molecule has 66 heavy (non-hydrogen) atoms. The Morgan fingerprint density at radius 1 is 0.818 bits per heavy atom. The van der Waals surface area contributed by atoms with Crippen LogP contribution in [0.15, 0.2) is 59.5 Å². The zero-order valence-corrected chi connectivity index (χ0v) is 36.4. The van der Waals surface area contributed by atoms with Gasteiger partial charge in [0.1, 0.15) is 6.04 Å². The Labute approximate surface area is 382 Å². The maximum Gasteiger partial charge on any atom is 0.326 e. The summed E-state index contributed by atoms with van der Waals surface area (Å²) in [5, 5.41) is 52.8. The number of nitrogen functional groups attached to an aromatic ring is 1. The van der Waals surface area contributed by atoms with Gasteiger partial charge in [0.2, 0.25) is 11.9 Å². The number of amides is 2. The Balaban J connectivity index is 1.02. The Morgan fingerprint density at radius 2 is 1.45 bits per heavy atom. The van der Waals surface area contributed by atoms with Gasteiger partial charge in [-0.25, -0.2) is 14.8 Å². The predicted molar refractivity (Wildman–Crippen MR) is 243 cm³/mol. The number of fused-ring (bicyclic) bond motifs is 1. The van der Waals surface area contributed by atoms with Crippen molar-refractivity contribution in [2.45, 2.75) is 37.9 Å². The fourth-order valence-electron chi connectivity index (χ4n) is 7.01. The van der Waals surface area contributed by atoms with Crippen molar-refractivity contribution in [3.63, 3.8) is 0 Å². The smallest absolute Gasteiger partial charge is 0.326 e.